The van der Waals surface area contributed by atoms with Gasteiger partial charge in [0.15, 0.2) is 5.13 Å². The van der Waals surface area contributed by atoms with Crippen LogP contribution in [0, 0.1) is 5.82 Å². The average Bonchev–Trinajstić information content (AvgIpc) is 3.10. The van der Waals surface area contributed by atoms with Crippen molar-refractivity contribution in [2.24, 2.45) is 0 Å². The number of rotatable bonds is 4. The number of hydrogen-bond acceptors (Lipinski definition) is 6. The Hall–Kier alpha value is -3.92. The van der Waals surface area contributed by atoms with Gasteiger partial charge in [-0.05, 0) is 48.5 Å². The Bertz CT molecular complexity index is 1330. The van der Waals surface area contributed by atoms with Gasteiger partial charge in [-0.1, -0.05) is 11.3 Å². The lowest BCUT2D eigenvalue weighted by molar-refractivity contribution is -0.114. The standard InChI is InChI=1S/C20H14FN5O3S/c1-11(27)22-13-4-7-15-17(10-13)30-20(23-15)24-19(29)16-8-9-18(28)26(25-16)14-5-2-12(21)3-6-14/h2-10H,1H3,(H,22,27)(H,23,24,29). The number of thiazole rings is 1. The fraction of sp³-hybridized carbons (Fsp3) is 0.0500. The molecule has 0 fully saturated rings. The molecule has 4 rings (SSSR count). The van der Waals surface area contributed by atoms with Gasteiger partial charge in [0.2, 0.25) is 5.91 Å². The van der Waals surface area contributed by atoms with Gasteiger partial charge in [-0.3, -0.25) is 19.7 Å². The third-order valence-electron chi connectivity index (χ3n) is 4.03. The molecule has 30 heavy (non-hydrogen) atoms. The molecular formula is C20H14FN5O3S. The fourth-order valence-corrected chi connectivity index (χ4v) is 3.62. The highest BCUT2D eigenvalue weighted by molar-refractivity contribution is 7.22. The largest absolute Gasteiger partial charge is 0.326 e. The molecule has 0 aliphatic rings. The molecule has 2 heterocycles. The second kappa shape index (κ2) is 7.84. The van der Waals surface area contributed by atoms with Crippen molar-refractivity contribution in [3.8, 4) is 5.69 Å². The quantitative estimate of drug-likeness (QED) is 0.524. The first-order chi connectivity index (χ1) is 14.4. The summed E-state index contributed by atoms with van der Waals surface area (Å²) in [7, 11) is 0. The van der Waals surface area contributed by atoms with Gasteiger partial charge in [0.25, 0.3) is 11.5 Å². The third-order valence-corrected chi connectivity index (χ3v) is 4.97. The Morgan fingerprint density at radius 3 is 2.53 bits per heavy atom. The number of nitrogens with one attached hydrogen (secondary N) is 2. The van der Waals surface area contributed by atoms with Gasteiger partial charge in [-0.2, -0.15) is 9.78 Å². The van der Waals surface area contributed by atoms with Crippen LogP contribution in [0.1, 0.15) is 17.4 Å². The van der Waals surface area contributed by atoms with E-state index in [0.29, 0.717) is 22.0 Å². The number of fused-ring (bicyclic) bond motifs is 1. The Morgan fingerprint density at radius 1 is 1.03 bits per heavy atom. The van der Waals surface area contributed by atoms with Gasteiger partial charge in [0.1, 0.15) is 11.5 Å². The molecule has 4 aromatic rings. The van der Waals surface area contributed by atoms with Crippen molar-refractivity contribution in [3.63, 3.8) is 0 Å². The Labute approximate surface area is 173 Å². The first-order valence-corrected chi connectivity index (χ1v) is 9.56. The summed E-state index contributed by atoms with van der Waals surface area (Å²) in [6.07, 6.45) is 0. The molecule has 8 nitrogen and oxygen atoms in total. The number of nitrogens with zero attached hydrogens (tertiary/aromatic N) is 3. The second-order valence-corrected chi connectivity index (χ2v) is 7.31. The lowest BCUT2D eigenvalue weighted by atomic mass is 10.3. The summed E-state index contributed by atoms with van der Waals surface area (Å²) in [5.74, 6) is -1.18. The predicted molar refractivity (Wildman–Crippen MR) is 112 cm³/mol. The average molecular weight is 423 g/mol. The van der Waals surface area contributed by atoms with Crippen LogP contribution in [-0.2, 0) is 4.79 Å². The number of carbonyl (C=O) groups is 2. The summed E-state index contributed by atoms with van der Waals surface area (Å²) >= 11 is 1.23. The summed E-state index contributed by atoms with van der Waals surface area (Å²) < 4.78 is 14.9. The zero-order chi connectivity index (χ0) is 21.3. The molecule has 0 bridgehead atoms. The van der Waals surface area contributed by atoms with Crippen LogP contribution in [0.2, 0.25) is 0 Å². The van der Waals surface area contributed by atoms with Gasteiger partial charge in [0, 0.05) is 18.7 Å². The summed E-state index contributed by atoms with van der Waals surface area (Å²) in [6, 6.07) is 12.9. The molecule has 0 saturated heterocycles. The molecule has 2 N–H and O–H groups in total. The third kappa shape index (κ3) is 4.08. The molecule has 150 valence electrons. The monoisotopic (exact) mass is 423 g/mol. The zero-order valence-corrected chi connectivity index (χ0v) is 16.4. The summed E-state index contributed by atoms with van der Waals surface area (Å²) in [4.78, 5) is 40.3. The van der Waals surface area contributed by atoms with Gasteiger partial charge in [-0.15, -0.1) is 0 Å². The molecule has 10 heteroatoms. The lowest BCUT2D eigenvalue weighted by Gasteiger charge is -2.06. The van der Waals surface area contributed by atoms with Crippen LogP contribution in [0.4, 0.5) is 15.2 Å². The fourth-order valence-electron chi connectivity index (χ4n) is 2.72. The highest BCUT2D eigenvalue weighted by Crippen LogP contribution is 2.28. The number of anilines is 2. The molecule has 2 aromatic heterocycles. The van der Waals surface area contributed by atoms with E-state index in [9.17, 15) is 18.8 Å². The minimum absolute atomic E-state index is 0.00267. The first kappa shape index (κ1) is 19.4. The molecule has 0 aliphatic carbocycles. The van der Waals surface area contributed by atoms with Gasteiger partial charge < -0.3 is 5.32 Å². The second-order valence-electron chi connectivity index (χ2n) is 6.28. The number of benzene rings is 2. The van der Waals surface area contributed by atoms with E-state index in [1.165, 1.54) is 54.7 Å². The van der Waals surface area contributed by atoms with Crippen molar-refractivity contribution in [2.75, 3.05) is 10.6 Å². The molecule has 0 saturated carbocycles. The molecule has 0 aliphatic heterocycles. The smallest absolute Gasteiger partial charge is 0.277 e. The minimum atomic E-state index is -0.549. The van der Waals surface area contributed by atoms with Crippen molar-refractivity contribution < 1.29 is 14.0 Å². The first-order valence-electron chi connectivity index (χ1n) is 8.75. The molecule has 0 spiro atoms. The Kier molecular flexibility index (Phi) is 5.07. The van der Waals surface area contributed by atoms with E-state index in [-0.39, 0.29) is 11.6 Å². The van der Waals surface area contributed by atoms with E-state index in [0.717, 1.165) is 9.38 Å². The van der Waals surface area contributed by atoms with Crippen molar-refractivity contribution >= 4 is 44.2 Å². The van der Waals surface area contributed by atoms with E-state index in [4.69, 9.17) is 0 Å². The number of aromatic nitrogens is 3. The van der Waals surface area contributed by atoms with E-state index < -0.39 is 17.3 Å². The highest BCUT2D eigenvalue weighted by Gasteiger charge is 2.14. The topological polar surface area (TPSA) is 106 Å². The van der Waals surface area contributed by atoms with Crippen LogP contribution >= 0.6 is 11.3 Å². The maximum atomic E-state index is 13.1. The van der Waals surface area contributed by atoms with Crippen LogP contribution in [-0.4, -0.2) is 26.6 Å². The van der Waals surface area contributed by atoms with Crippen LogP contribution in [0.25, 0.3) is 15.9 Å². The molecular weight excluding hydrogens is 409 g/mol. The number of carbonyl (C=O) groups excluding carboxylic acids is 2. The normalized spacial score (nSPS) is 10.7. The van der Waals surface area contributed by atoms with E-state index in [1.54, 1.807) is 18.2 Å². The lowest BCUT2D eigenvalue weighted by Crippen LogP contribution is -2.24. The van der Waals surface area contributed by atoms with Gasteiger partial charge in [0.05, 0.1) is 15.9 Å². The van der Waals surface area contributed by atoms with E-state index in [2.05, 4.69) is 20.7 Å². The Morgan fingerprint density at radius 2 is 1.80 bits per heavy atom. The molecule has 0 unspecified atom stereocenters. The van der Waals surface area contributed by atoms with Gasteiger partial charge in [-0.25, -0.2) is 9.37 Å². The molecule has 2 amide bonds. The zero-order valence-electron chi connectivity index (χ0n) is 15.5. The van der Waals surface area contributed by atoms with Gasteiger partial charge >= 0.3 is 0 Å². The van der Waals surface area contributed by atoms with Crippen LogP contribution in [0.3, 0.4) is 0 Å². The van der Waals surface area contributed by atoms with Crippen LogP contribution < -0.4 is 16.2 Å². The maximum absolute atomic E-state index is 13.1. The van der Waals surface area contributed by atoms with E-state index in [1.807, 2.05) is 0 Å². The van der Waals surface area contributed by atoms with Crippen molar-refractivity contribution in [1.82, 2.24) is 14.8 Å². The number of hydrogen-bond donors (Lipinski definition) is 2. The number of amides is 2. The molecule has 0 atom stereocenters. The predicted octanol–water partition coefficient (Wildman–Crippen LogP) is 3.19. The molecule has 0 radical (unpaired) electrons. The Balaban J connectivity index is 1.59. The van der Waals surface area contributed by atoms with Crippen molar-refractivity contribution in [2.45, 2.75) is 6.92 Å². The highest BCUT2D eigenvalue weighted by atomic mass is 32.1. The minimum Gasteiger partial charge on any atom is -0.326 e. The summed E-state index contributed by atoms with van der Waals surface area (Å²) in [6.45, 7) is 1.42. The van der Waals surface area contributed by atoms with Crippen LogP contribution in [0.5, 0.6) is 0 Å². The number of halogens is 1. The van der Waals surface area contributed by atoms with E-state index >= 15 is 0 Å². The maximum Gasteiger partial charge on any atom is 0.277 e. The van der Waals surface area contributed by atoms with Crippen molar-refractivity contribution in [1.29, 1.82) is 0 Å². The van der Waals surface area contributed by atoms with Crippen LogP contribution in [0.15, 0.2) is 59.4 Å². The summed E-state index contributed by atoms with van der Waals surface area (Å²) in [5.41, 5.74) is 1.17. The molecule has 2 aromatic carbocycles. The summed E-state index contributed by atoms with van der Waals surface area (Å²) in [5, 5.41) is 9.76. The SMILES string of the molecule is CC(=O)Nc1ccc2nc(NC(=O)c3ccc(=O)n(-c4ccc(F)cc4)n3)sc2c1. The van der Waals surface area contributed by atoms with Crippen molar-refractivity contribution in [3.05, 3.63) is 76.5 Å².